The predicted molar refractivity (Wildman–Crippen MR) is 151 cm³/mol. The van der Waals surface area contributed by atoms with Gasteiger partial charge in [0.15, 0.2) is 8.32 Å². The van der Waals surface area contributed by atoms with Gasteiger partial charge in [0.1, 0.15) is 11.5 Å². The van der Waals surface area contributed by atoms with Gasteiger partial charge >= 0.3 is 5.97 Å². The third-order valence-corrected chi connectivity index (χ3v) is 12.0. The Balaban J connectivity index is 2.04. The predicted octanol–water partition coefficient (Wildman–Crippen LogP) is 6.09. The van der Waals surface area contributed by atoms with Crippen molar-refractivity contribution in [2.75, 3.05) is 13.7 Å². The molecule has 1 N–H and O–H groups in total. The molecule has 0 bridgehead atoms. The second kappa shape index (κ2) is 11.9. The summed E-state index contributed by atoms with van der Waals surface area (Å²) in [7, 11) is -0.674. The molecule has 1 amide bonds. The van der Waals surface area contributed by atoms with E-state index >= 15 is 0 Å². The quantitative estimate of drug-likeness (QED) is 0.201. The molecule has 37 heavy (non-hydrogen) atoms. The van der Waals surface area contributed by atoms with Crippen molar-refractivity contribution in [2.45, 2.75) is 56.8 Å². The molecule has 0 aromatic heterocycles. The fraction of sp³-hybridized carbons (Fsp3) is 0.355. The van der Waals surface area contributed by atoms with Crippen molar-refractivity contribution < 1.29 is 18.8 Å². The fourth-order valence-corrected chi connectivity index (χ4v) is 5.33. The largest absolute Gasteiger partial charge is 0.467 e. The number of methoxy groups -OCH3 is 1. The molecule has 3 aromatic rings. The number of carbonyl (C=O) groups is 2. The van der Waals surface area contributed by atoms with Crippen molar-refractivity contribution in [3.05, 3.63) is 108 Å². The van der Waals surface area contributed by atoms with Crippen LogP contribution < -0.4 is 5.32 Å². The number of benzene rings is 3. The average molecular weight is 518 g/mol. The van der Waals surface area contributed by atoms with Gasteiger partial charge in [-0.1, -0.05) is 112 Å². The summed E-state index contributed by atoms with van der Waals surface area (Å²) >= 11 is 0. The molecular formula is C31H39NO4Si. The number of esters is 1. The van der Waals surface area contributed by atoms with E-state index in [9.17, 15) is 9.59 Å². The minimum Gasteiger partial charge on any atom is -0.467 e. The molecule has 0 aliphatic heterocycles. The molecule has 3 rings (SSSR count). The van der Waals surface area contributed by atoms with Crippen LogP contribution in [0.4, 0.5) is 0 Å². The Kier molecular flexibility index (Phi) is 9.10. The van der Waals surface area contributed by atoms with Gasteiger partial charge in [0.05, 0.1) is 7.11 Å². The summed E-state index contributed by atoms with van der Waals surface area (Å²) in [6.45, 7) is 11.2. The van der Waals surface area contributed by atoms with Gasteiger partial charge in [-0.05, 0) is 34.8 Å². The van der Waals surface area contributed by atoms with E-state index in [0.29, 0.717) is 13.0 Å². The molecule has 1 atom stereocenters. The smallest absolute Gasteiger partial charge is 0.328 e. The van der Waals surface area contributed by atoms with Gasteiger partial charge in [-0.25, -0.2) is 4.79 Å². The van der Waals surface area contributed by atoms with Gasteiger partial charge in [0.25, 0.3) is 0 Å². The third-order valence-electron chi connectivity index (χ3n) is 7.43. The molecule has 0 saturated heterocycles. The number of amides is 1. The zero-order valence-corrected chi connectivity index (χ0v) is 23.8. The zero-order valence-electron chi connectivity index (χ0n) is 22.8. The molecule has 6 heteroatoms. The van der Waals surface area contributed by atoms with Crippen LogP contribution in [0.5, 0.6) is 0 Å². The van der Waals surface area contributed by atoms with Crippen molar-refractivity contribution >= 4 is 20.2 Å². The molecule has 0 unspecified atom stereocenters. The summed E-state index contributed by atoms with van der Waals surface area (Å²) in [6.07, 6.45) is 0.319. The number of hydrogen-bond donors (Lipinski definition) is 1. The average Bonchev–Trinajstić information content (AvgIpc) is 2.89. The lowest BCUT2D eigenvalue weighted by Crippen LogP contribution is -2.52. The molecule has 0 spiro atoms. The first-order chi connectivity index (χ1) is 17.5. The molecule has 0 heterocycles. The monoisotopic (exact) mass is 517 g/mol. The maximum Gasteiger partial charge on any atom is 0.328 e. The van der Waals surface area contributed by atoms with Crippen molar-refractivity contribution in [3.63, 3.8) is 0 Å². The molecule has 0 aliphatic carbocycles. The summed E-state index contributed by atoms with van der Waals surface area (Å²) in [4.78, 5) is 27.3. The molecule has 0 fully saturated rings. The normalized spacial score (nSPS) is 13.0. The molecule has 0 radical (unpaired) electrons. The lowest BCUT2D eigenvalue weighted by Gasteiger charge is -2.37. The first kappa shape index (κ1) is 28.3. The standard InChI is InChI=1S/C31H39NO4Si/c1-30(2,3)37(5,6)36-23-22-27(28(33)35-4)32-29(34)31(24-16-10-7-11-17-24,25-18-12-8-13-19-25)26-20-14-9-15-21-26/h7-21,27H,22-23H2,1-6H3,(H,32,34)/t27-/m1/s1. The van der Waals surface area contributed by atoms with Crippen LogP contribution in [0.25, 0.3) is 0 Å². The van der Waals surface area contributed by atoms with E-state index in [0.717, 1.165) is 16.7 Å². The molecular weight excluding hydrogens is 478 g/mol. The molecule has 0 saturated carbocycles. The topological polar surface area (TPSA) is 64.6 Å². The maximum absolute atomic E-state index is 14.5. The van der Waals surface area contributed by atoms with Crippen LogP contribution in [-0.2, 0) is 24.2 Å². The van der Waals surface area contributed by atoms with Crippen LogP contribution in [0.1, 0.15) is 43.9 Å². The SMILES string of the molecule is COC(=O)[C@@H](CCO[Si](C)(C)C(C)(C)C)NC(=O)C(c1ccccc1)(c1ccccc1)c1ccccc1. The number of ether oxygens (including phenoxy) is 1. The number of hydrogen-bond acceptors (Lipinski definition) is 4. The minimum atomic E-state index is -2.02. The van der Waals surface area contributed by atoms with Gasteiger partial charge < -0.3 is 14.5 Å². The minimum absolute atomic E-state index is 0.0418. The van der Waals surface area contributed by atoms with E-state index in [1.807, 2.05) is 91.0 Å². The van der Waals surface area contributed by atoms with Gasteiger partial charge in [-0.15, -0.1) is 0 Å². The van der Waals surface area contributed by atoms with Crippen molar-refractivity contribution in [1.29, 1.82) is 0 Å². The first-order valence-corrected chi connectivity index (χ1v) is 15.6. The lowest BCUT2D eigenvalue weighted by atomic mass is 9.68. The van der Waals surface area contributed by atoms with Crippen LogP contribution in [0, 0.1) is 0 Å². The Morgan fingerprint density at radius 1 is 0.784 bits per heavy atom. The number of rotatable bonds is 10. The highest BCUT2D eigenvalue weighted by Gasteiger charge is 2.45. The Morgan fingerprint density at radius 3 is 1.54 bits per heavy atom. The van der Waals surface area contributed by atoms with Gasteiger partial charge in [0.2, 0.25) is 5.91 Å². The van der Waals surface area contributed by atoms with Crippen molar-refractivity contribution in [3.8, 4) is 0 Å². The Hall–Kier alpha value is -3.22. The van der Waals surface area contributed by atoms with E-state index < -0.39 is 25.7 Å². The molecule has 3 aromatic carbocycles. The highest BCUT2D eigenvalue weighted by molar-refractivity contribution is 6.74. The Labute approximate surface area is 222 Å². The highest BCUT2D eigenvalue weighted by Crippen LogP contribution is 2.40. The summed E-state index contributed by atoms with van der Waals surface area (Å²) in [5.74, 6) is -0.783. The second-order valence-corrected chi connectivity index (χ2v) is 15.6. The van der Waals surface area contributed by atoms with Gasteiger partial charge in [-0.3, -0.25) is 4.79 Å². The number of nitrogens with one attached hydrogen (secondary N) is 1. The van der Waals surface area contributed by atoms with E-state index in [1.165, 1.54) is 7.11 Å². The fourth-order valence-electron chi connectivity index (χ4n) is 4.26. The maximum atomic E-state index is 14.5. The van der Waals surface area contributed by atoms with Crippen molar-refractivity contribution in [2.24, 2.45) is 0 Å². The first-order valence-electron chi connectivity index (χ1n) is 12.7. The molecule has 0 aliphatic rings. The summed E-state index contributed by atoms with van der Waals surface area (Å²) in [5.41, 5.74) is 1.26. The molecule has 196 valence electrons. The van der Waals surface area contributed by atoms with Crippen molar-refractivity contribution in [1.82, 2.24) is 5.32 Å². The van der Waals surface area contributed by atoms with E-state index in [2.05, 4.69) is 39.2 Å². The number of carbonyl (C=O) groups excluding carboxylic acids is 2. The third kappa shape index (κ3) is 6.20. The van der Waals surface area contributed by atoms with Gasteiger partial charge in [0, 0.05) is 13.0 Å². The summed E-state index contributed by atoms with van der Waals surface area (Å²) in [5, 5.41) is 3.09. The van der Waals surface area contributed by atoms with Crippen LogP contribution >= 0.6 is 0 Å². The summed E-state index contributed by atoms with van der Waals surface area (Å²) < 4.78 is 11.4. The van der Waals surface area contributed by atoms with Gasteiger partial charge in [-0.2, -0.15) is 0 Å². The Bertz CT molecular complexity index is 1060. The lowest BCUT2D eigenvalue weighted by molar-refractivity contribution is -0.145. The van der Waals surface area contributed by atoms with E-state index in [-0.39, 0.29) is 10.9 Å². The highest BCUT2D eigenvalue weighted by atomic mass is 28.4. The Morgan fingerprint density at radius 2 is 1.19 bits per heavy atom. The van der Waals surface area contributed by atoms with Crippen LogP contribution in [0.15, 0.2) is 91.0 Å². The van der Waals surface area contributed by atoms with Crippen LogP contribution in [0.2, 0.25) is 18.1 Å². The summed E-state index contributed by atoms with van der Waals surface area (Å²) in [6, 6.07) is 28.2. The molecule has 5 nitrogen and oxygen atoms in total. The van der Waals surface area contributed by atoms with Crippen LogP contribution in [-0.4, -0.2) is 40.0 Å². The zero-order chi connectivity index (χ0) is 27.1. The second-order valence-electron chi connectivity index (χ2n) is 10.8. The van der Waals surface area contributed by atoms with E-state index in [4.69, 9.17) is 9.16 Å². The van der Waals surface area contributed by atoms with E-state index in [1.54, 1.807) is 0 Å². The van der Waals surface area contributed by atoms with Crippen LogP contribution in [0.3, 0.4) is 0 Å².